The molecule has 1 N–H and O–H groups in total. The van der Waals surface area contributed by atoms with E-state index in [1.165, 1.54) is 36.8 Å². The highest BCUT2D eigenvalue weighted by Gasteiger charge is 2.36. The molecule has 1 amide bonds. The normalized spacial score (nSPS) is 24.8. The number of methoxy groups -OCH3 is 1. The zero-order chi connectivity index (χ0) is 16.4. The van der Waals surface area contributed by atoms with Crippen molar-refractivity contribution in [3.05, 3.63) is 21.4 Å². The van der Waals surface area contributed by atoms with Gasteiger partial charge in [0, 0.05) is 17.5 Å². The number of aryl methyl sites for hydroxylation is 2. The van der Waals surface area contributed by atoms with E-state index in [0.717, 1.165) is 17.7 Å². The Morgan fingerprint density at radius 2 is 2.09 bits per heavy atom. The summed E-state index contributed by atoms with van der Waals surface area (Å²) in [4.78, 5) is 28.4. The van der Waals surface area contributed by atoms with Crippen LogP contribution in [-0.4, -0.2) is 49.6 Å². The number of carbonyl (C=O) groups excluding carboxylic acids is 2. The SMILES string of the molecule is COC(=O)[C@@H]1C[C@H](NC(=O)c2cc3c(s2)CCCCC3)CN1C. The molecule has 1 aliphatic carbocycles. The lowest BCUT2D eigenvalue weighted by molar-refractivity contribution is -0.145. The lowest BCUT2D eigenvalue weighted by Gasteiger charge is -2.15. The number of hydrogen-bond donors (Lipinski definition) is 1. The summed E-state index contributed by atoms with van der Waals surface area (Å²) < 4.78 is 4.82. The Hall–Kier alpha value is -1.40. The second-order valence-corrected chi connectivity index (χ2v) is 7.64. The highest BCUT2D eigenvalue weighted by atomic mass is 32.1. The van der Waals surface area contributed by atoms with Gasteiger partial charge in [0.25, 0.3) is 5.91 Å². The van der Waals surface area contributed by atoms with Gasteiger partial charge in [-0.25, -0.2) is 0 Å². The van der Waals surface area contributed by atoms with Crippen LogP contribution < -0.4 is 5.32 Å². The molecule has 2 aliphatic rings. The number of fused-ring (bicyclic) bond motifs is 1. The molecule has 1 aromatic heterocycles. The first-order chi connectivity index (χ1) is 11.1. The summed E-state index contributed by atoms with van der Waals surface area (Å²) >= 11 is 1.64. The maximum Gasteiger partial charge on any atom is 0.323 e. The summed E-state index contributed by atoms with van der Waals surface area (Å²) in [6.45, 7) is 0.677. The molecular formula is C17H24N2O3S. The number of esters is 1. The fourth-order valence-electron chi connectivity index (χ4n) is 3.55. The van der Waals surface area contributed by atoms with Crippen molar-refractivity contribution in [2.45, 2.75) is 50.6 Å². The van der Waals surface area contributed by atoms with Gasteiger partial charge in [-0.15, -0.1) is 11.3 Å². The first kappa shape index (κ1) is 16.5. The number of carbonyl (C=O) groups is 2. The third-order valence-electron chi connectivity index (χ3n) is 4.83. The molecule has 126 valence electrons. The van der Waals surface area contributed by atoms with Gasteiger partial charge in [-0.1, -0.05) is 6.42 Å². The standard InChI is InChI=1S/C17H24N2O3S/c1-19-10-12(9-13(19)17(21)22-2)18-16(20)15-8-11-6-4-3-5-7-14(11)23-15/h8,12-13H,3-7,9-10H2,1-2H3,(H,18,20)/t12-,13-/m0/s1. The number of amides is 1. The molecule has 23 heavy (non-hydrogen) atoms. The minimum absolute atomic E-state index is 0.00138. The summed E-state index contributed by atoms with van der Waals surface area (Å²) in [6.07, 6.45) is 6.54. The molecule has 0 unspecified atom stereocenters. The van der Waals surface area contributed by atoms with Crippen LogP contribution in [-0.2, 0) is 22.4 Å². The van der Waals surface area contributed by atoms with E-state index in [0.29, 0.717) is 13.0 Å². The first-order valence-corrected chi connectivity index (χ1v) is 9.10. The van der Waals surface area contributed by atoms with E-state index in [4.69, 9.17) is 4.74 Å². The van der Waals surface area contributed by atoms with Crippen molar-refractivity contribution in [2.75, 3.05) is 20.7 Å². The van der Waals surface area contributed by atoms with Crippen LogP contribution in [0.1, 0.15) is 45.8 Å². The molecule has 0 radical (unpaired) electrons. The molecule has 1 aliphatic heterocycles. The van der Waals surface area contributed by atoms with Crippen molar-refractivity contribution in [2.24, 2.45) is 0 Å². The number of hydrogen-bond acceptors (Lipinski definition) is 5. The molecule has 0 saturated carbocycles. The topological polar surface area (TPSA) is 58.6 Å². The Kier molecular flexibility index (Phi) is 5.02. The average Bonchev–Trinajstić information content (AvgIpc) is 3.03. The molecule has 0 spiro atoms. The van der Waals surface area contributed by atoms with E-state index in [-0.39, 0.29) is 24.0 Å². The van der Waals surface area contributed by atoms with Gasteiger partial charge in [-0.05, 0) is 50.8 Å². The summed E-state index contributed by atoms with van der Waals surface area (Å²) in [7, 11) is 3.29. The van der Waals surface area contributed by atoms with Gasteiger partial charge in [0.1, 0.15) is 6.04 Å². The fourth-order valence-corrected chi connectivity index (χ4v) is 4.71. The number of nitrogens with one attached hydrogen (secondary N) is 1. The molecular weight excluding hydrogens is 312 g/mol. The quantitative estimate of drug-likeness (QED) is 0.677. The number of nitrogens with zero attached hydrogens (tertiary/aromatic N) is 1. The van der Waals surface area contributed by atoms with Gasteiger partial charge >= 0.3 is 5.97 Å². The molecule has 2 heterocycles. The molecule has 6 heteroatoms. The van der Waals surface area contributed by atoms with Crippen LogP contribution in [0.2, 0.25) is 0 Å². The molecule has 1 aromatic rings. The van der Waals surface area contributed by atoms with Crippen LogP contribution >= 0.6 is 11.3 Å². The average molecular weight is 336 g/mol. The van der Waals surface area contributed by atoms with Crippen molar-refractivity contribution >= 4 is 23.2 Å². The maximum atomic E-state index is 12.5. The molecule has 1 fully saturated rings. The van der Waals surface area contributed by atoms with E-state index in [1.807, 2.05) is 11.9 Å². The Labute approximate surface area is 141 Å². The zero-order valence-electron chi connectivity index (χ0n) is 13.8. The van der Waals surface area contributed by atoms with E-state index < -0.39 is 0 Å². The first-order valence-electron chi connectivity index (χ1n) is 8.29. The molecule has 5 nitrogen and oxygen atoms in total. The minimum Gasteiger partial charge on any atom is -0.468 e. The van der Waals surface area contributed by atoms with Crippen molar-refractivity contribution in [3.8, 4) is 0 Å². The van der Waals surface area contributed by atoms with E-state index in [2.05, 4.69) is 11.4 Å². The summed E-state index contributed by atoms with van der Waals surface area (Å²) in [6, 6.07) is 1.81. The fraction of sp³-hybridized carbons (Fsp3) is 0.647. The van der Waals surface area contributed by atoms with Crippen LogP contribution in [0.5, 0.6) is 0 Å². The monoisotopic (exact) mass is 336 g/mol. The highest BCUT2D eigenvalue weighted by Crippen LogP contribution is 2.29. The molecule has 1 saturated heterocycles. The molecule has 0 aromatic carbocycles. The van der Waals surface area contributed by atoms with Gasteiger partial charge in [0.2, 0.25) is 0 Å². The second kappa shape index (κ2) is 7.01. The van der Waals surface area contributed by atoms with Gasteiger partial charge in [0.15, 0.2) is 0 Å². The van der Waals surface area contributed by atoms with E-state index >= 15 is 0 Å². The third-order valence-corrected chi connectivity index (χ3v) is 6.06. The van der Waals surface area contributed by atoms with Gasteiger partial charge in [-0.3, -0.25) is 14.5 Å². The van der Waals surface area contributed by atoms with E-state index in [9.17, 15) is 9.59 Å². The van der Waals surface area contributed by atoms with E-state index in [1.54, 1.807) is 11.3 Å². The van der Waals surface area contributed by atoms with Gasteiger partial charge < -0.3 is 10.1 Å². The number of rotatable bonds is 3. The summed E-state index contributed by atoms with van der Waals surface area (Å²) in [5, 5.41) is 3.08. The van der Waals surface area contributed by atoms with Crippen molar-refractivity contribution < 1.29 is 14.3 Å². The Bertz CT molecular complexity index is 575. The minimum atomic E-state index is -0.259. The lowest BCUT2D eigenvalue weighted by Crippen LogP contribution is -2.36. The second-order valence-electron chi connectivity index (χ2n) is 6.50. The Morgan fingerprint density at radius 3 is 2.87 bits per heavy atom. The Morgan fingerprint density at radius 1 is 1.30 bits per heavy atom. The predicted molar refractivity (Wildman–Crippen MR) is 89.9 cm³/mol. The van der Waals surface area contributed by atoms with Crippen molar-refractivity contribution in [1.29, 1.82) is 0 Å². The van der Waals surface area contributed by atoms with Crippen LogP contribution in [0.3, 0.4) is 0 Å². The van der Waals surface area contributed by atoms with Crippen LogP contribution in [0.15, 0.2) is 6.07 Å². The smallest absolute Gasteiger partial charge is 0.323 e. The maximum absolute atomic E-state index is 12.5. The van der Waals surface area contributed by atoms with Crippen LogP contribution in [0.4, 0.5) is 0 Å². The van der Waals surface area contributed by atoms with Crippen molar-refractivity contribution in [1.82, 2.24) is 10.2 Å². The largest absolute Gasteiger partial charge is 0.468 e. The van der Waals surface area contributed by atoms with Crippen LogP contribution in [0, 0.1) is 0 Å². The Balaban J connectivity index is 1.63. The number of thiophene rings is 1. The lowest BCUT2D eigenvalue weighted by atomic mass is 10.1. The summed E-state index contributed by atoms with van der Waals surface area (Å²) in [5.41, 5.74) is 1.36. The third kappa shape index (κ3) is 3.58. The molecule has 3 rings (SSSR count). The van der Waals surface area contributed by atoms with Crippen molar-refractivity contribution in [3.63, 3.8) is 0 Å². The molecule has 2 atom stereocenters. The zero-order valence-corrected chi connectivity index (χ0v) is 14.6. The highest BCUT2D eigenvalue weighted by molar-refractivity contribution is 7.14. The number of ether oxygens (including phenoxy) is 1. The molecule has 0 bridgehead atoms. The van der Waals surface area contributed by atoms with Gasteiger partial charge in [0.05, 0.1) is 12.0 Å². The van der Waals surface area contributed by atoms with Gasteiger partial charge in [-0.2, -0.15) is 0 Å². The summed E-state index contributed by atoms with van der Waals surface area (Å²) in [5.74, 6) is -0.237. The number of likely N-dealkylation sites (N-methyl/N-ethyl adjacent to an activating group) is 1. The van der Waals surface area contributed by atoms with Crippen LogP contribution in [0.25, 0.3) is 0 Å². The predicted octanol–water partition coefficient (Wildman–Crippen LogP) is 1.99. The number of likely N-dealkylation sites (tertiary alicyclic amines) is 1.